The van der Waals surface area contributed by atoms with E-state index in [0.29, 0.717) is 18.7 Å². The van der Waals surface area contributed by atoms with Crippen LogP contribution in [-0.4, -0.2) is 43.3 Å². The number of benzene rings is 1. The molecule has 0 aliphatic carbocycles. The SMILES string of the molecule is O=C(c1ccc(OC(F)(F)F)cc1)N1CCC2(CCCNC2)C1. The van der Waals surface area contributed by atoms with Crippen molar-refractivity contribution >= 4 is 5.91 Å². The van der Waals surface area contributed by atoms with Gasteiger partial charge in [-0.05, 0) is 50.1 Å². The van der Waals surface area contributed by atoms with E-state index >= 15 is 0 Å². The maximum atomic E-state index is 12.5. The zero-order chi connectivity index (χ0) is 16.5. The summed E-state index contributed by atoms with van der Waals surface area (Å²) in [6.07, 6.45) is -1.52. The summed E-state index contributed by atoms with van der Waals surface area (Å²) in [4.78, 5) is 14.3. The predicted molar refractivity (Wildman–Crippen MR) is 78.2 cm³/mol. The average molecular weight is 328 g/mol. The quantitative estimate of drug-likeness (QED) is 0.908. The molecular weight excluding hydrogens is 309 g/mol. The number of alkyl halides is 3. The molecule has 1 aromatic carbocycles. The van der Waals surface area contributed by atoms with Crippen LogP contribution in [0.3, 0.4) is 0 Å². The molecule has 1 aromatic rings. The van der Waals surface area contributed by atoms with Crippen LogP contribution < -0.4 is 10.1 Å². The molecule has 0 radical (unpaired) electrons. The highest BCUT2D eigenvalue weighted by Crippen LogP contribution is 2.37. The van der Waals surface area contributed by atoms with Crippen LogP contribution in [0.15, 0.2) is 24.3 Å². The van der Waals surface area contributed by atoms with E-state index in [0.717, 1.165) is 32.4 Å². The van der Waals surface area contributed by atoms with Crippen molar-refractivity contribution in [1.29, 1.82) is 0 Å². The maximum Gasteiger partial charge on any atom is 0.573 e. The van der Waals surface area contributed by atoms with Gasteiger partial charge in [-0.3, -0.25) is 4.79 Å². The van der Waals surface area contributed by atoms with Crippen molar-refractivity contribution in [2.45, 2.75) is 25.6 Å². The number of hydrogen-bond acceptors (Lipinski definition) is 3. The van der Waals surface area contributed by atoms with Crippen molar-refractivity contribution in [3.05, 3.63) is 29.8 Å². The van der Waals surface area contributed by atoms with Gasteiger partial charge in [-0.25, -0.2) is 0 Å². The van der Waals surface area contributed by atoms with E-state index in [1.165, 1.54) is 24.3 Å². The van der Waals surface area contributed by atoms with E-state index in [4.69, 9.17) is 0 Å². The van der Waals surface area contributed by atoms with Gasteiger partial charge in [0.1, 0.15) is 5.75 Å². The van der Waals surface area contributed by atoms with Gasteiger partial charge in [0.15, 0.2) is 0 Å². The number of piperidine rings is 1. The molecule has 1 N–H and O–H groups in total. The summed E-state index contributed by atoms with van der Waals surface area (Å²) in [5.74, 6) is -0.450. The molecule has 23 heavy (non-hydrogen) atoms. The number of hydrogen-bond donors (Lipinski definition) is 1. The first-order valence-electron chi connectivity index (χ1n) is 7.73. The first-order valence-corrected chi connectivity index (χ1v) is 7.73. The molecule has 2 saturated heterocycles. The van der Waals surface area contributed by atoms with Gasteiger partial charge in [0.05, 0.1) is 0 Å². The molecule has 1 amide bonds. The molecule has 1 spiro atoms. The summed E-state index contributed by atoms with van der Waals surface area (Å²) in [5, 5.41) is 3.38. The van der Waals surface area contributed by atoms with Crippen LogP contribution in [0.25, 0.3) is 0 Å². The Hall–Kier alpha value is -1.76. The molecule has 3 rings (SSSR count). The summed E-state index contributed by atoms with van der Waals surface area (Å²) in [5.41, 5.74) is 0.549. The summed E-state index contributed by atoms with van der Waals surface area (Å²) >= 11 is 0. The number of nitrogens with one attached hydrogen (secondary N) is 1. The van der Waals surface area contributed by atoms with Crippen LogP contribution in [0.1, 0.15) is 29.6 Å². The molecule has 2 aliphatic heterocycles. The molecular formula is C16H19F3N2O2. The number of amides is 1. The second-order valence-corrected chi connectivity index (χ2v) is 6.33. The highest BCUT2D eigenvalue weighted by atomic mass is 19.4. The number of nitrogens with zero attached hydrogens (tertiary/aromatic N) is 1. The summed E-state index contributed by atoms with van der Waals surface area (Å²) < 4.78 is 40.3. The van der Waals surface area contributed by atoms with Crippen molar-refractivity contribution in [1.82, 2.24) is 10.2 Å². The van der Waals surface area contributed by atoms with Crippen LogP contribution in [-0.2, 0) is 0 Å². The molecule has 0 bridgehead atoms. The second-order valence-electron chi connectivity index (χ2n) is 6.33. The van der Waals surface area contributed by atoms with Gasteiger partial charge in [0.2, 0.25) is 0 Å². The van der Waals surface area contributed by atoms with Crippen molar-refractivity contribution in [2.24, 2.45) is 5.41 Å². The normalized spacial score (nSPS) is 24.9. The van der Waals surface area contributed by atoms with Crippen molar-refractivity contribution in [2.75, 3.05) is 26.2 Å². The Bertz CT molecular complexity index is 566. The molecule has 0 aromatic heterocycles. The minimum atomic E-state index is -4.72. The minimum Gasteiger partial charge on any atom is -0.406 e. The maximum absolute atomic E-state index is 12.5. The molecule has 2 fully saturated rings. The Morgan fingerprint density at radius 1 is 1.22 bits per heavy atom. The number of rotatable bonds is 2. The van der Waals surface area contributed by atoms with E-state index in [9.17, 15) is 18.0 Å². The second kappa shape index (κ2) is 6.03. The Morgan fingerprint density at radius 3 is 2.57 bits per heavy atom. The third-order valence-electron chi connectivity index (χ3n) is 4.62. The van der Waals surface area contributed by atoms with Crippen molar-refractivity contribution < 1.29 is 22.7 Å². The smallest absolute Gasteiger partial charge is 0.406 e. The van der Waals surface area contributed by atoms with Gasteiger partial charge in [0.25, 0.3) is 5.91 Å². The Labute approximate surface area is 132 Å². The number of ether oxygens (including phenoxy) is 1. The van der Waals surface area contributed by atoms with Gasteiger partial charge >= 0.3 is 6.36 Å². The predicted octanol–water partition coefficient (Wildman–Crippen LogP) is 2.80. The minimum absolute atomic E-state index is 0.133. The highest BCUT2D eigenvalue weighted by molar-refractivity contribution is 5.94. The van der Waals surface area contributed by atoms with Gasteiger partial charge < -0.3 is 15.0 Å². The number of carbonyl (C=O) groups excluding carboxylic acids is 1. The molecule has 1 atom stereocenters. The fraction of sp³-hybridized carbons (Fsp3) is 0.562. The lowest BCUT2D eigenvalue weighted by Crippen LogP contribution is -2.42. The first-order chi connectivity index (χ1) is 10.9. The van der Waals surface area contributed by atoms with Gasteiger partial charge in [-0.15, -0.1) is 13.2 Å². The summed E-state index contributed by atoms with van der Waals surface area (Å²) in [6, 6.07) is 5.12. The van der Waals surface area contributed by atoms with Gasteiger partial charge in [-0.1, -0.05) is 0 Å². The topological polar surface area (TPSA) is 41.6 Å². The number of halogens is 3. The lowest BCUT2D eigenvalue weighted by molar-refractivity contribution is -0.274. The summed E-state index contributed by atoms with van der Waals surface area (Å²) in [7, 11) is 0. The lowest BCUT2D eigenvalue weighted by Gasteiger charge is -2.33. The summed E-state index contributed by atoms with van der Waals surface area (Å²) in [6.45, 7) is 3.35. The molecule has 4 nitrogen and oxygen atoms in total. The zero-order valence-electron chi connectivity index (χ0n) is 12.7. The van der Waals surface area contributed by atoms with Gasteiger partial charge in [-0.2, -0.15) is 0 Å². The number of likely N-dealkylation sites (tertiary alicyclic amines) is 1. The van der Waals surface area contributed by atoms with Crippen molar-refractivity contribution in [3.8, 4) is 5.75 Å². The molecule has 2 heterocycles. The molecule has 2 aliphatic rings. The third kappa shape index (κ3) is 3.77. The van der Waals surface area contributed by atoms with E-state index in [-0.39, 0.29) is 17.1 Å². The standard InChI is InChI=1S/C16H19F3N2O2/c17-16(18,19)23-13-4-2-12(3-5-13)14(22)21-9-7-15(11-21)6-1-8-20-10-15/h2-5,20H,1,6-11H2. The van der Waals surface area contributed by atoms with Crippen LogP contribution in [0.2, 0.25) is 0 Å². The van der Waals surface area contributed by atoms with E-state index < -0.39 is 6.36 Å². The fourth-order valence-electron chi connectivity index (χ4n) is 3.47. The highest BCUT2D eigenvalue weighted by Gasteiger charge is 2.40. The Morgan fingerprint density at radius 2 is 1.96 bits per heavy atom. The average Bonchev–Trinajstić information content (AvgIpc) is 2.90. The van der Waals surface area contributed by atoms with Crippen LogP contribution in [0.5, 0.6) is 5.75 Å². The number of carbonyl (C=O) groups is 1. The largest absolute Gasteiger partial charge is 0.573 e. The van der Waals surface area contributed by atoms with Crippen LogP contribution in [0, 0.1) is 5.41 Å². The molecule has 1 unspecified atom stereocenters. The monoisotopic (exact) mass is 328 g/mol. The van der Waals surface area contributed by atoms with Crippen LogP contribution >= 0.6 is 0 Å². The molecule has 0 saturated carbocycles. The molecule has 7 heteroatoms. The lowest BCUT2D eigenvalue weighted by atomic mass is 9.80. The molecule has 126 valence electrons. The Balaban J connectivity index is 1.64. The van der Waals surface area contributed by atoms with E-state index in [1.54, 1.807) is 4.90 Å². The van der Waals surface area contributed by atoms with Gasteiger partial charge in [0, 0.05) is 30.6 Å². The van der Waals surface area contributed by atoms with E-state index in [2.05, 4.69) is 10.1 Å². The van der Waals surface area contributed by atoms with Crippen LogP contribution in [0.4, 0.5) is 13.2 Å². The Kier molecular flexibility index (Phi) is 4.23. The van der Waals surface area contributed by atoms with Crippen molar-refractivity contribution in [3.63, 3.8) is 0 Å². The fourth-order valence-corrected chi connectivity index (χ4v) is 3.47. The third-order valence-corrected chi connectivity index (χ3v) is 4.62. The first kappa shape index (κ1) is 16.1. The van der Waals surface area contributed by atoms with E-state index in [1.807, 2.05) is 0 Å². The zero-order valence-corrected chi connectivity index (χ0v) is 12.7.